The van der Waals surface area contributed by atoms with E-state index in [0.717, 1.165) is 17.9 Å². The van der Waals surface area contributed by atoms with Crippen molar-refractivity contribution in [3.8, 4) is 5.69 Å². The second kappa shape index (κ2) is 5.18. The summed E-state index contributed by atoms with van der Waals surface area (Å²) in [7, 11) is 0. The van der Waals surface area contributed by atoms with Crippen molar-refractivity contribution in [3.05, 3.63) is 36.7 Å². The molecule has 2 aromatic rings. The molecule has 18 heavy (non-hydrogen) atoms. The smallest absolute Gasteiger partial charge is 0.0858 e. The van der Waals surface area contributed by atoms with E-state index in [0.29, 0.717) is 0 Å². The topological polar surface area (TPSA) is 63.0 Å². The molecule has 0 spiro atoms. The maximum Gasteiger partial charge on any atom is 0.0858 e. The van der Waals surface area contributed by atoms with Crippen LogP contribution in [0.15, 0.2) is 36.7 Å². The molecule has 0 saturated heterocycles. The van der Waals surface area contributed by atoms with Gasteiger partial charge in [-0.2, -0.15) is 15.0 Å². The summed E-state index contributed by atoms with van der Waals surface area (Å²) in [6.45, 7) is 4.92. The van der Waals surface area contributed by atoms with Gasteiger partial charge in [0, 0.05) is 24.3 Å². The summed E-state index contributed by atoms with van der Waals surface area (Å²) >= 11 is 0. The Kier molecular flexibility index (Phi) is 3.62. The summed E-state index contributed by atoms with van der Waals surface area (Å²) in [6.07, 6.45) is 3.30. The Morgan fingerprint density at radius 3 is 2.33 bits per heavy atom. The first kappa shape index (κ1) is 12.6. The lowest BCUT2D eigenvalue weighted by Crippen LogP contribution is -2.26. The normalized spacial score (nSPS) is 11.5. The van der Waals surface area contributed by atoms with Crippen LogP contribution in [0.4, 0.5) is 5.69 Å². The number of aromatic nitrogens is 3. The highest BCUT2D eigenvalue weighted by atomic mass is 16.3. The zero-order valence-electron chi connectivity index (χ0n) is 10.7. The van der Waals surface area contributed by atoms with Gasteiger partial charge in [-0.25, -0.2) is 0 Å². The minimum atomic E-state index is -0.123. The molecular weight excluding hydrogens is 228 g/mol. The van der Waals surface area contributed by atoms with E-state index in [1.165, 1.54) is 0 Å². The Morgan fingerprint density at radius 1 is 1.17 bits per heavy atom. The molecule has 5 heteroatoms. The van der Waals surface area contributed by atoms with Gasteiger partial charge in [0.25, 0.3) is 0 Å². The predicted octanol–water partition coefficient (Wildman–Crippen LogP) is 1.70. The summed E-state index contributed by atoms with van der Waals surface area (Å²) in [6, 6.07) is 7.86. The second-order valence-corrected chi connectivity index (χ2v) is 5.04. The zero-order valence-corrected chi connectivity index (χ0v) is 10.7. The Bertz CT molecular complexity index is 476. The first-order valence-electron chi connectivity index (χ1n) is 5.92. The summed E-state index contributed by atoms with van der Waals surface area (Å²) in [5.41, 5.74) is 1.82. The van der Waals surface area contributed by atoms with Crippen molar-refractivity contribution in [2.75, 3.05) is 18.5 Å². The predicted molar refractivity (Wildman–Crippen MR) is 70.7 cm³/mol. The number of nitrogens with zero attached hydrogens (tertiary/aromatic N) is 3. The molecule has 0 aliphatic rings. The quantitative estimate of drug-likeness (QED) is 0.843. The van der Waals surface area contributed by atoms with Crippen molar-refractivity contribution in [1.82, 2.24) is 15.0 Å². The Morgan fingerprint density at radius 2 is 1.78 bits per heavy atom. The molecule has 0 bridgehead atoms. The van der Waals surface area contributed by atoms with Crippen molar-refractivity contribution in [2.45, 2.75) is 13.8 Å². The highest BCUT2D eigenvalue weighted by molar-refractivity contribution is 5.48. The average Bonchev–Trinajstić information content (AvgIpc) is 2.91. The summed E-state index contributed by atoms with van der Waals surface area (Å²) in [5, 5.41) is 20.6. The molecule has 5 nitrogen and oxygen atoms in total. The molecule has 1 aromatic heterocycles. The second-order valence-electron chi connectivity index (χ2n) is 5.04. The van der Waals surface area contributed by atoms with Gasteiger partial charge >= 0.3 is 0 Å². The van der Waals surface area contributed by atoms with Crippen LogP contribution in [0.25, 0.3) is 5.69 Å². The van der Waals surface area contributed by atoms with E-state index in [4.69, 9.17) is 0 Å². The fourth-order valence-electron chi connectivity index (χ4n) is 1.46. The number of hydrogen-bond acceptors (Lipinski definition) is 4. The zero-order chi connectivity index (χ0) is 13.0. The fraction of sp³-hybridized carbons (Fsp3) is 0.385. The SMILES string of the molecule is CC(C)(CO)CNc1ccc(-n2nccn2)cc1. The van der Waals surface area contributed by atoms with Gasteiger partial charge in [-0.05, 0) is 24.3 Å². The van der Waals surface area contributed by atoms with Crippen molar-refractivity contribution >= 4 is 5.69 Å². The van der Waals surface area contributed by atoms with Crippen molar-refractivity contribution in [2.24, 2.45) is 5.41 Å². The van der Waals surface area contributed by atoms with Gasteiger partial charge in [0.15, 0.2) is 0 Å². The number of aliphatic hydroxyl groups excluding tert-OH is 1. The van der Waals surface area contributed by atoms with Crippen molar-refractivity contribution in [3.63, 3.8) is 0 Å². The number of hydrogen-bond donors (Lipinski definition) is 2. The van der Waals surface area contributed by atoms with Gasteiger partial charge in [0.1, 0.15) is 0 Å². The van der Waals surface area contributed by atoms with Gasteiger partial charge in [-0.3, -0.25) is 0 Å². The molecule has 2 N–H and O–H groups in total. The molecule has 1 heterocycles. The van der Waals surface area contributed by atoms with E-state index >= 15 is 0 Å². The number of nitrogens with one attached hydrogen (secondary N) is 1. The summed E-state index contributed by atoms with van der Waals surface area (Å²) in [5.74, 6) is 0. The molecular formula is C13H18N4O. The third-order valence-corrected chi connectivity index (χ3v) is 2.72. The maximum absolute atomic E-state index is 9.18. The van der Waals surface area contributed by atoms with Crippen LogP contribution in [0.3, 0.4) is 0 Å². The molecule has 0 radical (unpaired) electrons. The highest BCUT2D eigenvalue weighted by Crippen LogP contribution is 2.17. The molecule has 2 rings (SSSR count). The first-order valence-corrected chi connectivity index (χ1v) is 5.92. The van der Waals surface area contributed by atoms with Crippen molar-refractivity contribution in [1.29, 1.82) is 0 Å². The van der Waals surface area contributed by atoms with Crippen LogP contribution in [0.1, 0.15) is 13.8 Å². The minimum Gasteiger partial charge on any atom is -0.396 e. The molecule has 96 valence electrons. The van der Waals surface area contributed by atoms with Crippen molar-refractivity contribution < 1.29 is 5.11 Å². The van der Waals surface area contributed by atoms with E-state index in [-0.39, 0.29) is 12.0 Å². The average molecular weight is 246 g/mol. The Hall–Kier alpha value is -1.88. The van der Waals surface area contributed by atoms with Crippen LogP contribution in [-0.2, 0) is 0 Å². The lowest BCUT2D eigenvalue weighted by atomic mass is 9.95. The van der Waals surface area contributed by atoms with Crippen LogP contribution >= 0.6 is 0 Å². The molecule has 0 unspecified atom stereocenters. The summed E-state index contributed by atoms with van der Waals surface area (Å²) < 4.78 is 0. The van der Waals surface area contributed by atoms with E-state index in [2.05, 4.69) is 15.5 Å². The lowest BCUT2D eigenvalue weighted by molar-refractivity contribution is 0.171. The third kappa shape index (κ3) is 3.07. The molecule has 0 saturated carbocycles. The van der Waals surface area contributed by atoms with E-state index in [1.807, 2.05) is 38.1 Å². The Balaban J connectivity index is 2.00. The van der Waals surface area contributed by atoms with Gasteiger partial charge in [-0.15, -0.1) is 0 Å². The monoisotopic (exact) mass is 246 g/mol. The molecule has 0 aliphatic carbocycles. The Labute approximate surface area is 106 Å². The van der Waals surface area contributed by atoms with Gasteiger partial charge in [-0.1, -0.05) is 13.8 Å². The number of rotatable bonds is 5. The highest BCUT2D eigenvalue weighted by Gasteiger charge is 2.15. The fourth-order valence-corrected chi connectivity index (χ4v) is 1.46. The van der Waals surface area contributed by atoms with Crippen LogP contribution in [0, 0.1) is 5.41 Å². The molecule has 0 aliphatic heterocycles. The van der Waals surface area contributed by atoms with E-state index < -0.39 is 0 Å². The van der Waals surface area contributed by atoms with Gasteiger partial charge in [0.2, 0.25) is 0 Å². The van der Waals surface area contributed by atoms with Crippen LogP contribution in [0.5, 0.6) is 0 Å². The molecule has 0 fully saturated rings. The van der Waals surface area contributed by atoms with Crippen LogP contribution in [-0.4, -0.2) is 33.3 Å². The minimum absolute atomic E-state index is 0.123. The third-order valence-electron chi connectivity index (χ3n) is 2.72. The summed E-state index contributed by atoms with van der Waals surface area (Å²) in [4.78, 5) is 1.57. The molecule has 0 amide bonds. The first-order chi connectivity index (χ1) is 8.61. The van der Waals surface area contributed by atoms with Gasteiger partial charge in [0.05, 0.1) is 18.1 Å². The lowest BCUT2D eigenvalue weighted by Gasteiger charge is -2.22. The molecule has 0 atom stereocenters. The maximum atomic E-state index is 9.18. The van der Waals surface area contributed by atoms with E-state index in [9.17, 15) is 5.11 Å². The number of aliphatic hydroxyl groups is 1. The molecule has 1 aromatic carbocycles. The van der Waals surface area contributed by atoms with Crippen LogP contribution < -0.4 is 5.32 Å². The number of benzene rings is 1. The van der Waals surface area contributed by atoms with E-state index in [1.54, 1.807) is 17.2 Å². The van der Waals surface area contributed by atoms with Gasteiger partial charge < -0.3 is 10.4 Å². The number of anilines is 1. The largest absolute Gasteiger partial charge is 0.396 e. The standard InChI is InChI=1S/C13H18N4O/c1-13(2,10-18)9-14-11-3-5-12(6-4-11)17-15-7-8-16-17/h3-8,14,18H,9-10H2,1-2H3. The van der Waals surface area contributed by atoms with Crippen LogP contribution in [0.2, 0.25) is 0 Å².